The first-order valence-electron chi connectivity index (χ1n) is 5.35. The molecule has 0 aromatic carbocycles. The van der Waals surface area contributed by atoms with Crippen molar-refractivity contribution in [2.75, 3.05) is 11.9 Å². The van der Waals surface area contributed by atoms with Crippen LogP contribution in [-0.4, -0.2) is 32.0 Å². The van der Waals surface area contributed by atoms with Crippen molar-refractivity contribution in [3.8, 4) is 0 Å². The van der Waals surface area contributed by atoms with Gasteiger partial charge in [-0.15, -0.1) is 0 Å². The Bertz CT molecular complexity index is 425. The Balaban J connectivity index is 3.10. The molecule has 0 aliphatic heterocycles. The monoisotopic (exact) mass is 242 g/mol. The molecule has 0 radical (unpaired) electrons. The molecule has 0 saturated heterocycles. The van der Waals surface area contributed by atoms with Gasteiger partial charge in [-0.1, -0.05) is 0 Å². The lowest BCUT2D eigenvalue weighted by Gasteiger charge is -2.25. The lowest BCUT2D eigenvalue weighted by atomic mass is 10.0. The Morgan fingerprint density at radius 1 is 1.59 bits per heavy atom. The van der Waals surface area contributed by atoms with E-state index in [1.165, 1.54) is 4.68 Å². The number of nitrogens with one attached hydrogen (secondary N) is 1. The molecule has 0 saturated carbocycles. The fourth-order valence-electron chi connectivity index (χ4n) is 1.67. The van der Waals surface area contributed by atoms with Gasteiger partial charge in [0.1, 0.15) is 5.69 Å². The summed E-state index contributed by atoms with van der Waals surface area (Å²) in [5.41, 5.74) is -0.0713. The summed E-state index contributed by atoms with van der Waals surface area (Å²) in [6.07, 6.45) is 0.494. The maximum atomic E-state index is 11.0. The summed E-state index contributed by atoms with van der Waals surface area (Å²) in [5, 5.41) is 27.0. The number of aliphatic hydroxyl groups is 1. The Kier molecular flexibility index (Phi) is 3.72. The summed E-state index contributed by atoms with van der Waals surface area (Å²) in [6.45, 7) is 5.36. The molecular weight excluding hydrogens is 224 g/mol. The van der Waals surface area contributed by atoms with Gasteiger partial charge >= 0.3 is 5.69 Å². The fraction of sp³-hybridized carbons (Fsp3) is 0.700. The molecule has 7 heteroatoms. The third-order valence-corrected chi connectivity index (χ3v) is 2.57. The second kappa shape index (κ2) is 4.70. The molecule has 1 aromatic heterocycles. The van der Waals surface area contributed by atoms with Crippen molar-refractivity contribution in [1.82, 2.24) is 9.78 Å². The van der Waals surface area contributed by atoms with Crippen LogP contribution in [0.15, 0.2) is 0 Å². The highest BCUT2D eigenvalue weighted by Crippen LogP contribution is 2.30. The zero-order valence-electron chi connectivity index (χ0n) is 10.5. The molecule has 2 N–H and O–H groups in total. The van der Waals surface area contributed by atoms with Crippen molar-refractivity contribution in [1.29, 1.82) is 0 Å². The zero-order chi connectivity index (χ0) is 13.2. The van der Waals surface area contributed by atoms with Gasteiger partial charge in [-0.2, -0.15) is 5.10 Å². The van der Waals surface area contributed by atoms with Crippen LogP contribution >= 0.6 is 0 Å². The van der Waals surface area contributed by atoms with Crippen LogP contribution in [0.2, 0.25) is 0 Å². The Labute approximate surface area is 99.6 Å². The van der Waals surface area contributed by atoms with Crippen LogP contribution in [-0.2, 0) is 7.05 Å². The van der Waals surface area contributed by atoms with E-state index in [2.05, 4.69) is 10.4 Å². The van der Waals surface area contributed by atoms with E-state index in [1.54, 1.807) is 14.0 Å². The average molecular weight is 242 g/mol. The molecule has 0 atom stereocenters. The normalized spacial score (nSPS) is 11.6. The predicted molar refractivity (Wildman–Crippen MR) is 64.0 cm³/mol. The minimum Gasteiger partial charge on any atom is -0.396 e. The number of aromatic nitrogens is 2. The maximum absolute atomic E-state index is 11.0. The molecule has 1 aromatic rings. The summed E-state index contributed by atoms with van der Waals surface area (Å²) in [4.78, 5) is 10.5. The van der Waals surface area contributed by atoms with Gasteiger partial charge in [0.25, 0.3) is 0 Å². The number of anilines is 1. The standard InChI is InChI=1S/C10H18N4O3/c1-7-8(14(16)17)9(13(4)12-7)11-10(2,3)5-6-15/h11,15H,5-6H2,1-4H3. The van der Waals surface area contributed by atoms with E-state index in [0.717, 1.165) is 0 Å². The predicted octanol–water partition coefficient (Wildman–Crippen LogP) is 1.21. The lowest BCUT2D eigenvalue weighted by molar-refractivity contribution is -0.384. The summed E-state index contributed by atoms with van der Waals surface area (Å²) >= 11 is 0. The summed E-state index contributed by atoms with van der Waals surface area (Å²) < 4.78 is 1.45. The smallest absolute Gasteiger partial charge is 0.333 e. The van der Waals surface area contributed by atoms with Crippen molar-refractivity contribution >= 4 is 11.5 Å². The van der Waals surface area contributed by atoms with Gasteiger partial charge < -0.3 is 10.4 Å². The molecule has 0 spiro atoms. The summed E-state index contributed by atoms with van der Waals surface area (Å²) in [6, 6.07) is 0. The van der Waals surface area contributed by atoms with Crippen LogP contribution in [0.4, 0.5) is 11.5 Å². The van der Waals surface area contributed by atoms with E-state index in [9.17, 15) is 10.1 Å². The van der Waals surface area contributed by atoms with Crippen molar-refractivity contribution in [3.05, 3.63) is 15.8 Å². The molecule has 1 heterocycles. The second-order valence-electron chi connectivity index (χ2n) is 4.65. The number of aryl methyl sites for hydroxylation is 2. The number of nitrogens with zero attached hydrogens (tertiary/aromatic N) is 3. The van der Waals surface area contributed by atoms with E-state index in [0.29, 0.717) is 17.9 Å². The van der Waals surface area contributed by atoms with E-state index in [4.69, 9.17) is 5.11 Å². The first-order chi connectivity index (χ1) is 7.78. The highest BCUT2D eigenvalue weighted by molar-refractivity contribution is 5.60. The Morgan fingerprint density at radius 2 is 2.18 bits per heavy atom. The molecule has 1 rings (SSSR count). The number of rotatable bonds is 5. The minimum absolute atomic E-state index is 0.0153. The van der Waals surface area contributed by atoms with Crippen molar-refractivity contribution in [2.24, 2.45) is 7.05 Å². The first kappa shape index (κ1) is 13.4. The fourth-order valence-corrected chi connectivity index (χ4v) is 1.67. The molecule has 0 aliphatic carbocycles. The molecule has 0 fully saturated rings. The largest absolute Gasteiger partial charge is 0.396 e. The van der Waals surface area contributed by atoms with Gasteiger partial charge in [0, 0.05) is 19.2 Å². The Morgan fingerprint density at radius 3 is 2.65 bits per heavy atom. The molecular formula is C10H18N4O3. The van der Waals surface area contributed by atoms with E-state index >= 15 is 0 Å². The van der Waals surface area contributed by atoms with Gasteiger partial charge in [-0.3, -0.25) is 10.1 Å². The molecule has 0 unspecified atom stereocenters. The van der Waals surface area contributed by atoms with Crippen molar-refractivity contribution < 1.29 is 10.0 Å². The van der Waals surface area contributed by atoms with E-state index < -0.39 is 10.5 Å². The maximum Gasteiger partial charge on any atom is 0.333 e. The number of nitro groups is 1. The molecule has 0 amide bonds. The van der Waals surface area contributed by atoms with Crippen LogP contribution in [0.5, 0.6) is 0 Å². The first-order valence-corrected chi connectivity index (χ1v) is 5.35. The minimum atomic E-state index is -0.445. The summed E-state index contributed by atoms with van der Waals surface area (Å²) in [7, 11) is 1.65. The van der Waals surface area contributed by atoms with E-state index in [-0.39, 0.29) is 12.3 Å². The van der Waals surface area contributed by atoms with Crippen LogP contribution < -0.4 is 5.32 Å². The number of aliphatic hydroxyl groups excluding tert-OH is 1. The lowest BCUT2D eigenvalue weighted by Crippen LogP contribution is -2.33. The van der Waals surface area contributed by atoms with Gasteiger partial charge in [-0.05, 0) is 27.2 Å². The van der Waals surface area contributed by atoms with Crippen LogP contribution in [0.1, 0.15) is 26.0 Å². The Hall–Kier alpha value is -1.63. The average Bonchev–Trinajstić information content (AvgIpc) is 2.40. The second-order valence-corrected chi connectivity index (χ2v) is 4.65. The molecule has 7 nitrogen and oxygen atoms in total. The molecule has 0 aliphatic rings. The van der Waals surface area contributed by atoms with Crippen molar-refractivity contribution in [2.45, 2.75) is 32.7 Å². The molecule has 96 valence electrons. The van der Waals surface area contributed by atoms with Crippen LogP contribution in [0.3, 0.4) is 0 Å². The van der Waals surface area contributed by atoms with Gasteiger partial charge in [0.2, 0.25) is 5.82 Å². The molecule has 0 bridgehead atoms. The van der Waals surface area contributed by atoms with Gasteiger partial charge in [0.05, 0.1) is 4.92 Å². The van der Waals surface area contributed by atoms with Crippen LogP contribution in [0, 0.1) is 17.0 Å². The summed E-state index contributed by atoms with van der Waals surface area (Å²) in [5.74, 6) is 0.367. The van der Waals surface area contributed by atoms with Gasteiger partial charge in [-0.25, -0.2) is 4.68 Å². The quantitative estimate of drug-likeness (QED) is 0.598. The van der Waals surface area contributed by atoms with Crippen LogP contribution in [0.25, 0.3) is 0 Å². The van der Waals surface area contributed by atoms with Crippen molar-refractivity contribution in [3.63, 3.8) is 0 Å². The third-order valence-electron chi connectivity index (χ3n) is 2.57. The van der Waals surface area contributed by atoms with Gasteiger partial charge in [0.15, 0.2) is 0 Å². The number of hydrogen-bond acceptors (Lipinski definition) is 5. The topological polar surface area (TPSA) is 93.2 Å². The highest BCUT2D eigenvalue weighted by atomic mass is 16.6. The third kappa shape index (κ3) is 2.94. The number of hydrogen-bond donors (Lipinski definition) is 2. The highest BCUT2D eigenvalue weighted by Gasteiger charge is 2.28. The molecule has 17 heavy (non-hydrogen) atoms. The van der Waals surface area contributed by atoms with E-state index in [1.807, 2.05) is 13.8 Å². The SMILES string of the molecule is Cc1nn(C)c(NC(C)(C)CCO)c1[N+](=O)[O-]. The zero-order valence-corrected chi connectivity index (χ0v) is 10.5.